The second kappa shape index (κ2) is 7.33. The van der Waals surface area contributed by atoms with E-state index in [-0.39, 0.29) is 25.5 Å². The minimum atomic E-state index is -0.907. The number of esters is 1. The Bertz CT molecular complexity index is 294. The molecule has 2 unspecified atom stereocenters. The minimum absolute atomic E-state index is 0.0233. The van der Waals surface area contributed by atoms with E-state index < -0.39 is 23.5 Å². The first-order valence-electron chi connectivity index (χ1n) is 6.12. The number of aliphatic hydroxyl groups excluding tert-OH is 1. The maximum atomic E-state index is 11.4. The lowest BCUT2D eigenvalue weighted by molar-refractivity contribution is -0.145. The lowest BCUT2D eigenvalue weighted by atomic mass is 9.87. The molecule has 0 saturated carbocycles. The van der Waals surface area contributed by atoms with E-state index in [1.165, 1.54) is 0 Å². The molecule has 0 radical (unpaired) electrons. The Labute approximate surface area is 108 Å². The predicted molar refractivity (Wildman–Crippen MR) is 67.7 cm³/mol. The molecule has 0 aromatic rings. The van der Waals surface area contributed by atoms with Crippen LogP contribution in [0.15, 0.2) is 0 Å². The first-order chi connectivity index (χ1) is 8.24. The molecule has 1 amide bonds. The summed E-state index contributed by atoms with van der Waals surface area (Å²) in [6, 6.07) is 0. The number of hydrogen-bond donors (Lipinski definition) is 3. The monoisotopic (exact) mass is 260 g/mol. The van der Waals surface area contributed by atoms with Crippen LogP contribution in [0.25, 0.3) is 0 Å². The molecule has 0 heterocycles. The number of primary amides is 1. The van der Waals surface area contributed by atoms with Gasteiger partial charge in [-0.25, -0.2) is 0 Å². The van der Waals surface area contributed by atoms with Gasteiger partial charge in [-0.2, -0.15) is 0 Å². The van der Waals surface area contributed by atoms with E-state index in [1.807, 2.05) is 13.8 Å². The zero-order valence-corrected chi connectivity index (χ0v) is 11.5. The Morgan fingerprint density at radius 3 is 2.39 bits per heavy atom. The summed E-state index contributed by atoms with van der Waals surface area (Å²) in [5, 5.41) is 12.6. The Kier molecular flexibility index (Phi) is 6.86. The highest BCUT2D eigenvalue weighted by atomic mass is 16.5. The number of amides is 1. The van der Waals surface area contributed by atoms with Gasteiger partial charge < -0.3 is 20.9 Å². The zero-order valence-electron chi connectivity index (χ0n) is 11.5. The molecular weight excluding hydrogens is 236 g/mol. The zero-order chi connectivity index (χ0) is 14.3. The van der Waals surface area contributed by atoms with Crippen molar-refractivity contribution in [2.75, 3.05) is 13.2 Å². The van der Waals surface area contributed by atoms with E-state index in [0.717, 1.165) is 0 Å². The van der Waals surface area contributed by atoms with Gasteiger partial charge in [-0.05, 0) is 19.8 Å². The number of carbonyl (C=O) groups is 2. The van der Waals surface area contributed by atoms with Crippen molar-refractivity contribution in [1.82, 2.24) is 5.32 Å². The van der Waals surface area contributed by atoms with E-state index in [9.17, 15) is 14.7 Å². The molecule has 6 heteroatoms. The van der Waals surface area contributed by atoms with Crippen LogP contribution in [0.2, 0.25) is 0 Å². The summed E-state index contributed by atoms with van der Waals surface area (Å²) in [7, 11) is 0. The largest absolute Gasteiger partial charge is 0.466 e. The smallest absolute Gasteiger partial charge is 0.308 e. The summed E-state index contributed by atoms with van der Waals surface area (Å²) in [5.74, 6) is -0.970. The summed E-state index contributed by atoms with van der Waals surface area (Å²) in [6.07, 6.45) is -1.00. The lowest BCUT2D eigenvalue weighted by Gasteiger charge is -2.32. The van der Waals surface area contributed by atoms with Gasteiger partial charge in [0.2, 0.25) is 5.91 Å². The molecule has 0 aromatic heterocycles. The second-order valence-electron chi connectivity index (χ2n) is 4.77. The standard InChI is InChI=1S/C12H24N2O4/c1-5-18-10(16)6-9(15)7-14-12(4,8(2)3)11(13)17/h8-9,14-15H,5-7H2,1-4H3,(H2,13,17). The lowest BCUT2D eigenvalue weighted by Crippen LogP contribution is -2.58. The summed E-state index contributed by atoms with van der Waals surface area (Å²) in [6.45, 7) is 7.48. The van der Waals surface area contributed by atoms with Gasteiger partial charge >= 0.3 is 5.97 Å². The highest BCUT2D eigenvalue weighted by Gasteiger charge is 2.34. The predicted octanol–water partition coefficient (Wildman–Crippen LogP) is -0.210. The minimum Gasteiger partial charge on any atom is -0.466 e. The van der Waals surface area contributed by atoms with Gasteiger partial charge in [-0.1, -0.05) is 13.8 Å². The number of carbonyl (C=O) groups excluding carboxylic acids is 2. The maximum Gasteiger partial charge on any atom is 0.308 e. The highest BCUT2D eigenvalue weighted by molar-refractivity contribution is 5.84. The number of nitrogens with one attached hydrogen (secondary N) is 1. The molecule has 6 nitrogen and oxygen atoms in total. The Morgan fingerprint density at radius 1 is 1.44 bits per heavy atom. The normalized spacial score (nSPS) is 16.1. The Morgan fingerprint density at radius 2 is 2.00 bits per heavy atom. The Hall–Kier alpha value is -1.14. The number of β-amino-alcohol motifs (C(OH)–C–C–N with tert-alkyl or cyclic N) is 1. The van der Waals surface area contributed by atoms with Crippen LogP contribution in [-0.4, -0.2) is 41.8 Å². The van der Waals surface area contributed by atoms with Crippen LogP contribution in [-0.2, 0) is 14.3 Å². The first-order valence-corrected chi connectivity index (χ1v) is 6.12. The maximum absolute atomic E-state index is 11.4. The van der Waals surface area contributed by atoms with Gasteiger partial charge in [0.15, 0.2) is 0 Å². The van der Waals surface area contributed by atoms with Crippen molar-refractivity contribution in [3.8, 4) is 0 Å². The van der Waals surface area contributed by atoms with Crippen molar-refractivity contribution < 1.29 is 19.4 Å². The van der Waals surface area contributed by atoms with Crippen LogP contribution in [0.3, 0.4) is 0 Å². The molecule has 0 bridgehead atoms. The quantitative estimate of drug-likeness (QED) is 0.524. The molecule has 0 spiro atoms. The molecule has 0 saturated heterocycles. The van der Waals surface area contributed by atoms with E-state index in [0.29, 0.717) is 0 Å². The third-order valence-corrected chi connectivity index (χ3v) is 3.08. The second-order valence-corrected chi connectivity index (χ2v) is 4.77. The van der Waals surface area contributed by atoms with Gasteiger partial charge in [0.05, 0.1) is 24.7 Å². The first kappa shape index (κ1) is 16.9. The van der Waals surface area contributed by atoms with Crippen molar-refractivity contribution in [1.29, 1.82) is 0 Å². The fraction of sp³-hybridized carbons (Fsp3) is 0.833. The molecule has 2 atom stereocenters. The Balaban J connectivity index is 4.29. The number of ether oxygens (including phenoxy) is 1. The van der Waals surface area contributed by atoms with Crippen LogP contribution < -0.4 is 11.1 Å². The number of hydrogen-bond acceptors (Lipinski definition) is 5. The third-order valence-electron chi connectivity index (χ3n) is 3.08. The number of rotatable bonds is 8. The molecular formula is C12H24N2O4. The molecule has 0 aliphatic heterocycles. The van der Waals surface area contributed by atoms with Gasteiger partial charge in [0, 0.05) is 6.54 Å². The third kappa shape index (κ3) is 5.01. The van der Waals surface area contributed by atoms with E-state index in [1.54, 1.807) is 13.8 Å². The topological polar surface area (TPSA) is 102 Å². The van der Waals surface area contributed by atoms with Gasteiger partial charge in [0.1, 0.15) is 0 Å². The van der Waals surface area contributed by atoms with Crippen molar-refractivity contribution in [2.45, 2.75) is 45.8 Å². The molecule has 0 aliphatic rings. The molecule has 0 rings (SSSR count). The van der Waals surface area contributed by atoms with Gasteiger partial charge in [0.25, 0.3) is 0 Å². The van der Waals surface area contributed by atoms with Crippen molar-refractivity contribution >= 4 is 11.9 Å². The fourth-order valence-corrected chi connectivity index (χ4v) is 1.39. The van der Waals surface area contributed by atoms with Crippen LogP contribution in [0.1, 0.15) is 34.1 Å². The SMILES string of the molecule is CCOC(=O)CC(O)CNC(C)(C(N)=O)C(C)C. The number of aliphatic hydroxyl groups is 1. The van der Waals surface area contributed by atoms with E-state index in [4.69, 9.17) is 10.5 Å². The fourth-order valence-electron chi connectivity index (χ4n) is 1.39. The molecule has 0 aromatic carbocycles. The van der Waals surface area contributed by atoms with Gasteiger partial charge in [-0.15, -0.1) is 0 Å². The average molecular weight is 260 g/mol. The molecule has 0 fully saturated rings. The summed E-state index contributed by atoms with van der Waals surface area (Å²) < 4.78 is 4.72. The van der Waals surface area contributed by atoms with Crippen LogP contribution in [0.4, 0.5) is 0 Å². The summed E-state index contributed by atoms with van der Waals surface area (Å²) in [5.41, 5.74) is 4.43. The molecule has 18 heavy (non-hydrogen) atoms. The molecule has 4 N–H and O–H groups in total. The van der Waals surface area contributed by atoms with Gasteiger partial charge in [-0.3, -0.25) is 9.59 Å². The van der Waals surface area contributed by atoms with Crippen molar-refractivity contribution in [3.63, 3.8) is 0 Å². The van der Waals surface area contributed by atoms with E-state index >= 15 is 0 Å². The molecule has 106 valence electrons. The summed E-state index contributed by atoms with van der Waals surface area (Å²) >= 11 is 0. The van der Waals surface area contributed by atoms with E-state index in [2.05, 4.69) is 5.32 Å². The molecule has 0 aliphatic carbocycles. The van der Waals surface area contributed by atoms with Crippen molar-refractivity contribution in [3.05, 3.63) is 0 Å². The highest BCUT2D eigenvalue weighted by Crippen LogP contribution is 2.15. The van der Waals surface area contributed by atoms with Crippen LogP contribution in [0, 0.1) is 5.92 Å². The summed E-state index contributed by atoms with van der Waals surface area (Å²) in [4.78, 5) is 22.5. The van der Waals surface area contributed by atoms with Crippen LogP contribution >= 0.6 is 0 Å². The number of nitrogens with two attached hydrogens (primary N) is 1. The average Bonchev–Trinajstić information content (AvgIpc) is 2.25. The van der Waals surface area contributed by atoms with Crippen LogP contribution in [0.5, 0.6) is 0 Å². The van der Waals surface area contributed by atoms with Crippen molar-refractivity contribution in [2.24, 2.45) is 11.7 Å².